The Balaban J connectivity index is 0.00000220. The highest BCUT2D eigenvalue weighted by atomic mass is 35.5. The van der Waals surface area contributed by atoms with Gasteiger partial charge in [-0.1, -0.05) is 0 Å². The van der Waals surface area contributed by atoms with E-state index in [1.165, 1.54) is 5.56 Å². The first-order valence-electron chi connectivity index (χ1n) is 6.48. The van der Waals surface area contributed by atoms with Gasteiger partial charge in [-0.05, 0) is 38.0 Å². The monoisotopic (exact) mass is 345 g/mol. The molecule has 0 aliphatic rings. The molecule has 0 aromatic carbocycles. The summed E-state index contributed by atoms with van der Waals surface area (Å²) in [5, 5.41) is 6.99. The minimum atomic E-state index is -0.916. The molecule has 2 aromatic rings. The van der Waals surface area contributed by atoms with E-state index in [0.29, 0.717) is 5.82 Å². The number of hydrogen-bond acceptors (Lipinski definition) is 4. The standard InChI is InChI=1S/C14H19N5O.2ClH/c1-14(2,15)13(20)17-12-6-10-19(18-12)9-5-11-3-7-16-8-4-11;;/h3-4,6-8,10H,5,9,15H2,1-2H3,(H,17,18,20);2*1H. The number of aryl methyl sites for hydroxylation is 2. The summed E-state index contributed by atoms with van der Waals surface area (Å²) < 4.78 is 1.79. The van der Waals surface area contributed by atoms with Gasteiger partial charge >= 0.3 is 0 Å². The third-order valence-electron chi connectivity index (χ3n) is 2.85. The van der Waals surface area contributed by atoms with Crippen molar-refractivity contribution in [1.82, 2.24) is 14.8 Å². The second-order valence-electron chi connectivity index (χ2n) is 5.25. The molecule has 2 rings (SSSR count). The molecule has 0 spiro atoms. The van der Waals surface area contributed by atoms with E-state index in [-0.39, 0.29) is 30.7 Å². The van der Waals surface area contributed by atoms with E-state index in [2.05, 4.69) is 15.4 Å². The fraction of sp³-hybridized carbons (Fsp3) is 0.357. The Morgan fingerprint density at radius 1 is 1.27 bits per heavy atom. The van der Waals surface area contributed by atoms with Crippen molar-refractivity contribution in [2.24, 2.45) is 5.73 Å². The lowest BCUT2D eigenvalue weighted by Gasteiger charge is -2.16. The van der Waals surface area contributed by atoms with Crippen LogP contribution in [0.1, 0.15) is 19.4 Å². The van der Waals surface area contributed by atoms with E-state index >= 15 is 0 Å². The average Bonchev–Trinajstić information content (AvgIpc) is 2.84. The molecular formula is C14H21Cl2N5O. The lowest BCUT2D eigenvalue weighted by Crippen LogP contribution is -2.45. The fourth-order valence-corrected chi connectivity index (χ4v) is 1.62. The van der Waals surface area contributed by atoms with Gasteiger partial charge in [0.05, 0.1) is 5.54 Å². The largest absolute Gasteiger partial charge is 0.318 e. The van der Waals surface area contributed by atoms with Gasteiger partial charge in [-0.2, -0.15) is 5.10 Å². The Bertz CT molecular complexity index is 580. The van der Waals surface area contributed by atoms with Crippen molar-refractivity contribution in [3.05, 3.63) is 42.4 Å². The molecule has 8 heteroatoms. The quantitative estimate of drug-likeness (QED) is 0.868. The van der Waals surface area contributed by atoms with E-state index in [1.54, 1.807) is 37.0 Å². The molecule has 0 saturated heterocycles. The van der Waals surface area contributed by atoms with Crippen LogP contribution in [-0.2, 0) is 17.8 Å². The second kappa shape index (κ2) is 8.73. The van der Waals surface area contributed by atoms with Crippen LogP contribution in [0.5, 0.6) is 0 Å². The Labute approximate surface area is 142 Å². The summed E-state index contributed by atoms with van der Waals surface area (Å²) in [5.41, 5.74) is 6.00. The minimum absolute atomic E-state index is 0. The molecule has 0 atom stereocenters. The lowest BCUT2D eigenvalue weighted by atomic mass is 10.1. The van der Waals surface area contributed by atoms with Crippen LogP contribution in [0.25, 0.3) is 0 Å². The molecule has 22 heavy (non-hydrogen) atoms. The highest BCUT2D eigenvalue weighted by Gasteiger charge is 2.22. The molecule has 0 bridgehead atoms. The number of carbonyl (C=O) groups is 1. The molecule has 3 N–H and O–H groups in total. The first-order valence-corrected chi connectivity index (χ1v) is 6.48. The van der Waals surface area contributed by atoms with Crippen LogP contribution in [0.4, 0.5) is 5.82 Å². The predicted octanol–water partition coefficient (Wildman–Crippen LogP) is 2.04. The lowest BCUT2D eigenvalue weighted by molar-refractivity contribution is -0.120. The van der Waals surface area contributed by atoms with Crippen LogP contribution >= 0.6 is 24.8 Å². The number of rotatable bonds is 5. The van der Waals surface area contributed by atoms with Gasteiger partial charge < -0.3 is 11.1 Å². The number of halogens is 2. The van der Waals surface area contributed by atoms with Crippen molar-refractivity contribution < 1.29 is 4.79 Å². The molecule has 0 unspecified atom stereocenters. The number of carbonyl (C=O) groups excluding carboxylic acids is 1. The number of aromatic nitrogens is 3. The Hall–Kier alpha value is -1.63. The zero-order chi connectivity index (χ0) is 14.6. The molecular weight excluding hydrogens is 325 g/mol. The first-order chi connectivity index (χ1) is 9.45. The third-order valence-corrected chi connectivity index (χ3v) is 2.85. The highest BCUT2D eigenvalue weighted by Crippen LogP contribution is 2.07. The average molecular weight is 346 g/mol. The van der Waals surface area contributed by atoms with E-state index in [1.807, 2.05) is 18.3 Å². The van der Waals surface area contributed by atoms with E-state index < -0.39 is 5.54 Å². The summed E-state index contributed by atoms with van der Waals surface area (Å²) in [5.74, 6) is 0.264. The van der Waals surface area contributed by atoms with Crippen LogP contribution in [0.15, 0.2) is 36.8 Å². The van der Waals surface area contributed by atoms with Crippen LogP contribution in [0.2, 0.25) is 0 Å². The van der Waals surface area contributed by atoms with Crippen LogP contribution in [-0.4, -0.2) is 26.2 Å². The van der Waals surface area contributed by atoms with Gasteiger partial charge in [0, 0.05) is 31.2 Å². The molecule has 0 aliphatic heterocycles. The summed E-state index contributed by atoms with van der Waals surface area (Å²) in [7, 11) is 0. The summed E-state index contributed by atoms with van der Waals surface area (Å²) in [4.78, 5) is 15.7. The molecule has 0 radical (unpaired) electrons. The maximum Gasteiger partial charge on any atom is 0.245 e. The summed E-state index contributed by atoms with van der Waals surface area (Å²) in [6.07, 6.45) is 6.24. The van der Waals surface area contributed by atoms with Gasteiger partial charge in [0.15, 0.2) is 5.82 Å². The second-order valence-corrected chi connectivity index (χ2v) is 5.25. The van der Waals surface area contributed by atoms with Crippen molar-refractivity contribution in [3.63, 3.8) is 0 Å². The van der Waals surface area contributed by atoms with Gasteiger partial charge in [-0.25, -0.2) is 0 Å². The smallest absolute Gasteiger partial charge is 0.245 e. The van der Waals surface area contributed by atoms with Gasteiger partial charge in [0.1, 0.15) is 0 Å². The number of hydrogen-bond donors (Lipinski definition) is 2. The molecule has 2 heterocycles. The predicted molar refractivity (Wildman–Crippen MR) is 91.6 cm³/mol. The van der Waals surface area contributed by atoms with Crippen LogP contribution in [0, 0.1) is 0 Å². The van der Waals surface area contributed by atoms with Crippen LogP contribution in [0.3, 0.4) is 0 Å². The molecule has 0 fully saturated rings. The normalized spacial score (nSPS) is 10.3. The van der Waals surface area contributed by atoms with Crippen molar-refractivity contribution in [2.45, 2.75) is 32.4 Å². The van der Waals surface area contributed by atoms with Crippen molar-refractivity contribution in [1.29, 1.82) is 0 Å². The van der Waals surface area contributed by atoms with Gasteiger partial charge in [-0.15, -0.1) is 24.8 Å². The molecule has 0 saturated carbocycles. The third kappa shape index (κ3) is 6.01. The molecule has 122 valence electrons. The number of amides is 1. The van der Waals surface area contributed by atoms with E-state index in [0.717, 1.165) is 13.0 Å². The Morgan fingerprint density at radius 3 is 2.50 bits per heavy atom. The van der Waals surface area contributed by atoms with Gasteiger partial charge in [0.25, 0.3) is 0 Å². The molecule has 6 nitrogen and oxygen atoms in total. The zero-order valence-corrected chi connectivity index (χ0v) is 14.2. The Kier molecular flexibility index (Phi) is 8.08. The number of nitrogens with zero attached hydrogens (tertiary/aromatic N) is 3. The number of pyridine rings is 1. The van der Waals surface area contributed by atoms with Gasteiger partial charge in [-0.3, -0.25) is 14.5 Å². The van der Waals surface area contributed by atoms with E-state index in [9.17, 15) is 4.79 Å². The molecule has 0 aliphatic carbocycles. The van der Waals surface area contributed by atoms with Crippen molar-refractivity contribution in [2.75, 3.05) is 5.32 Å². The van der Waals surface area contributed by atoms with Crippen molar-refractivity contribution in [3.8, 4) is 0 Å². The topological polar surface area (TPSA) is 85.8 Å². The number of anilines is 1. The maximum atomic E-state index is 11.7. The van der Waals surface area contributed by atoms with Gasteiger partial charge in [0.2, 0.25) is 5.91 Å². The Morgan fingerprint density at radius 2 is 1.91 bits per heavy atom. The first kappa shape index (κ1) is 20.4. The maximum absolute atomic E-state index is 11.7. The molecule has 1 amide bonds. The fourth-order valence-electron chi connectivity index (χ4n) is 1.62. The zero-order valence-electron chi connectivity index (χ0n) is 12.5. The van der Waals surface area contributed by atoms with Crippen molar-refractivity contribution >= 4 is 36.5 Å². The number of nitrogens with one attached hydrogen (secondary N) is 1. The highest BCUT2D eigenvalue weighted by molar-refractivity contribution is 5.96. The van der Waals surface area contributed by atoms with E-state index in [4.69, 9.17) is 5.73 Å². The summed E-state index contributed by atoms with van der Waals surface area (Å²) >= 11 is 0. The number of nitrogens with two attached hydrogens (primary N) is 1. The minimum Gasteiger partial charge on any atom is -0.318 e. The summed E-state index contributed by atoms with van der Waals surface area (Å²) in [6.45, 7) is 4.05. The SMILES string of the molecule is CC(C)(N)C(=O)Nc1ccn(CCc2ccncc2)n1.Cl.Cl. The molecule has 2 aromatic heterocycles. The van der Waals surface area contributed by atoms with Crippen LogP contribution < -0.4 is 11.1 Å². The summed E-state index contributed by atoms with van der Waals surface area (Å²) in [6, 6.07) is 5.71.